The first kappa shape index (κ1) is 20.0. The number of benzene rings is 3. The van der Waals surface area contributed by atoms with Crippen LogP contribution in [-0.2, 0) is 6.42 Å². The largest absolute Gasteiger partial charge is 0.457 e. The fraction of sp³-hybridized carbons (Fsp3) is 0.136. The number of rotatable bonds is 5. The molecule has 0 spiro atoms. The summed E-state index contributed by atoms with van der Waals surface area (Å²) >= 11 is 12.1. The molecule has 2 nitrogen and oxygen atoms in total. The van der Waals surface area contributed by atoms with E-state index < -0.39 is 0 Å². The highest BCUT2D eigenvalue weighted by Gasteiger charge is 2.12. The number of Topliss-reactive ketones (excluding diaryl/α,β-unsaturated/α-hetero) is 1. The second-order valence-electron chi connectivity index (χ2n) is 5.28. The number of ether oxygens (including phenoxy) is 1. The first-order valence-electron chi connectivity index (χ1n) is 8.42. The van der Waals surface area contributed by atoms with E-state index in [-0.39, 0.29) is 5.78 Å². The van der Waals surface area contributed by atoms with Crippen LogP contribution in [0.1, 0.15) is 29.8 Å². The average molecular weight is 387 g/mol. The quantitative estimate of drug-likeness (QED) is 0.432. The van der Waals surface area contributed by atoms with Crippen LogP contribution in [0.2, 0.25) is 10.0 Å². The van der Waals surface area contributed by atoms with Crippen molar-refractivity contribution in [2.75, 3.05) is 0 Å². The molecule has 3 aromatic rings. The number of carbonyl (C=O) groups excluding carboxylic acids is 1. The van der Waals surface area contributed by atoms with Gasteiger partial charge in [-0.15, -0.1) is 0 Å². The molecule has 0 N–H and O–H groups in total. The molecule has 134 valence electrons. The molecule has 0 amide bonds. The Balaban J connectivity index is 0.00000117. The van der Waals surface area contributed by atoms with Gasteiger partial charge in [-0.1, -0.05) is 67.4 Å². The predicted molar refractivity (Wildman–Crippen MR) is 109 cm³/mol. The van der Waals surface area contributed by atoms with Gasteiger partial charge >= 0.3 is 0 Å². The molecule has 0 atom stereocenters. The minimum atomic E-state index is -0.0238. The maximum Gasteiger partial charge on any atom is 0.168 e. The highest BCUT2D eigenvalue weighted by molar-refractivity contribution is 6.34. The Labute approximate surface area is 164 Å². The van der Waals surface area contributed by atoms with E-state index in [1.54, 1.807) is 42.5 Å². The lowest BCUT2D eigenvalue weighted by Crippen LogP contribution is -2.04. The summed E-state index contributed by atoms with van der Waals surface area (Å²) in [5.41, 5.74) is 1.45. The second kappa shape index (κ2) is 10.0. The molecule has 4 heteroatoms. The van der Waals surface area contributed by atoms with Gasteiger partial charge in [-0.3, -0.25) is 4.79 Å². The topological polar surface area (TPSA) is 26.3 Å². The highest BCUT2D eigenvalue weighted by Crippen LogP contribution is 2.28. The van der Waals surface area contributed by atoms with Gasteiger partial charge in [0.05, 0.1) is 5.02 Å². The van der Waals surface area contributed by atoms with Gasteiger partial charge in [-0.05, 0) is 42.0 Å². The summed E-state index contributed by atoms with van der Waals surface area (Å²) in [6.45, 7) is 4.00. The van der Waals surface area contributed by atoms with Gasteiger partial charge in [-0.2, -0.15) is 0 Å². The molecule has 0 aliphatic rings. The Kier molecular flexibility index (Phi) is 7.71. The molecule has 0 aliphatic heterocycles. The van der Waals surface area contributed by atoms with Crippen LogP contribution in [0.25, 0.3) is 0 Å². The summed E-state index contributed by atoms with van der Waals surface area (Å²) in [4.78, 5) is 12.4. The Bertz CT molecular complexity index is 844. The molecule has 26 heavy (non-hydrogen) atoms. The van der Waals surface area contributed by atoms with E-state index >= 15 is 0 Å². The molecule has 0 heterocycles. The van der Waals surface area contributed by atoms with E-state index in [2.05, 4.69) is 0 Å². The molecule has 0 radical (unpaired) electrons. The molecule has 0 saturated heterocycles. The molecule has 0 aromatic heterocycles. The predicted octanol–water partition coefficient (Wildman–Crippen LogP) is 7.24. The van der Waals surface area contributed by atoms with Gasteiger partial charge in [0, 0.05) is 23.1 Å². The number of carbonyl (C=O) groups is 1. The standard InChI is InChI=1S/C20H14Cl2O2.C2H6/c21-15-6-8-16(9-7-15)24-17-10-11-18(19(22)13-17)20(23)12-14-4-2-1-3-5-14;1-2/h1-11,13H,12H2;1-2H3. The Morgan fingerprint density at radius 1 is 0.846 bits per heavy atom. The summed E-state index contributed by atoms with van der Waals surface area (Å²) in [5.74, 6) is 1.20. The molecule has 0 bridgehead atoms. The normalized spacial score (nSPS) is 9.85. The van der Waals surface area contributed by atoms with Crippen LogP contribution >= 0.6 is 23.2 Å². The first-order chi connectivity index (χ1) is 12.6. The van der Waals surface area contributed by atoms with E-state index in [1.807, 2.05) is 44.2 Å². The van der Waals surface area contributed by atoms with Crippen molar-refractivity contribution in [3.63, 3.8) is 0 Å². The third-order valence-corrected chi connectivity index (χ3v) is 4.06. The molecule has 0 saturated carbocycles. The Morgan fingerprint density at radius 3 is 2.08 bits per heavy atom. The number of hydrogen-bond donors (Lipinski definition) is 0. The smallest absolute Gasteiger partial charge is 0.168 e. The van der Waals surface area contributed by atoms with Crippen molar-refractivity contribution in [3.05, 3.63) is 94.0 Å². The number of halogens is 2. The van der Waals surface area contributed by atoms with E-state index in [0.717, 1.165) is 5.56 Å². The van der Waals surface area contributed by atoms with Gasteiger partial charge in [0.2, 0.25) is 0 Å². The lowest BCUT2D eigenvalue weighted by atomic mass is 10.0. The second-order valence-corrected chi connectivity index (χ2v) is 6.13. The van der Waals surface area contributed by atoms with Gasteiger partial charge in [-0.25, -0.2) is 0 Å². The summed E-state index contributed by atoms with van der Waals surface area (Å²) in [7, 11) is 0. The molecular weight excluding hydrogens is 367 g/mol. The summed E-state index contributed by atoms with van der Waals surface area (Å²) in [5, 5.41) is 1.02. The Morgan fingerprint density at radius 2 is 1.46 bits per heavy atom. The fourth-order valence-corrected chi connectivity index (χ4v) is 2.70. The van der Waals surface area contributed by atoms with Crippen molar-refractivity contribution in [1.29, 1.82) is 0 Å². The van der Waals surface area contributed by atoms with E-state index in [1.165, 1.54) is 0 Å². The third kappa shape index (κ3) is 5.62. The van der Waals surface area contributed by atoms with E-state index in [4.69, 9.17) is 27.9 Å². The average Bonchev–Trinajstić information content (AvgIpc) is 2.66. The molecule has 0 fully saturated rings. The van der Waals surface area contributed by atoms with Crippen molar-refractivity contribution < 1.29 is 9.53 Å². The van der Waals surface area contributed by atoms with Crippen molar-refractivity contribution in [2.45, 2.75) is 20.3 Å². The third-order valence-electron chi connectivity index (χ3n) is 3.50. The van der Waals surface area contributed by atoms with Crippen LogP contribution in [0.3, 0.4) is 0 Å². The molecule has 3 rings (SSSR count). The maximum atomic E-state index is 12.4. The zero-order chi connectivity index (χ0) is 18.9. The van der Waals surface area contributed by atoms with Crippen molar-refractivity contribution >= 4 is 29.0 Å². The SMILES string of the molecule is CC.O=C(Cc1ccccc1)c1ccc(Oc2ccc(Cl)cc2)cc1Cl. The van der Waals surface area contributed by atoms with E-state index in [0.29, 0.717) is 33.5 Å². The van der Waals surface area contributed by atoms with Gasteiger partial charge in [0.25, 0.3) is 0 Å². The lowest BCUT2D eigenvalue weighted by Gasteiger charge is -2.09. The lowest BCUT2D eigenvalue weighted by molar-refractivity contribution is 0.0993. The van der Waals surface area contributed by atoms with Crippen LogP contribution in [-0.4, -0.2) is 5.78 Å². The molecule has 0 unspecified atom stereocenters. The zero-order valence-corrected chi connectivity index (χ0v) is 16.2. The summed E-state index contributed by atoms with van der Waals surface area (Å²) < 4.78 is 5.71. The minimum absolute atomic E-state index is 0.0238. The van der Waals surface area contributed by atoms with Crippen LogP contribution in [0, 0.1) is 0 Å². The summed E-state index contributed by atoms with van der Waals surface area (Å²) in [6, 6.07) is 21.7. The number of ketones is 1. The number of hydrogen-bond acceptors (Lipinski definition) is 2. The van der Waals surface area contributed by atoms with Gasteiger partial charge in [0.1, 0.15) is 11.5 Å². The van der Waals surface area contributed by atoms with Crippen LogP contribution in [0.5, 0.6) is 11.5 Å². The zero-order valence-electron chi connectivity index (χ0n) is 14.7. The van der Waals surface area contributed by atoms with Crippen LogP contribution in [0.4, 0.5) is 0 Å². The molecule has 3 aromatic carbocycles. The Hall–Kier alpha value is -2.29. The van der Waals surface area contributed by atoms with Crippen molar-refractivity contribution in [3.8, 4) is 11.5 Å². The van der Waals surface area contributed by atoms with Crippen LogP contribution < -0.4 is 4.74 Å². The fourth-order valence-electron chi connectivity index (χ4n) is 2.30. The molecular formula is C22H20Cl2O2. The van der Waals surface area contributed by atoms with Gasteiger partial charge in [0.15, 0.2) is 5.78 Å². The van der Waals surface area contributed by atoms with E-state index in [9.17, 15) is 4.79 Å². The highest BCUT2D eigenvalue weighted by atomic mass is 35.5. The summed E-state index contributed by atoms with van der Waals surface area (Å²) in [6.07, 6.45) is 0.317. The van der Waals surface area contributed by atoms with Crippen molar-refractivity contribution in [1.82, 2.24) is 0 Å². The minimum Gasteiger partial charge on any atom is -0.457 e. The monoisotopic (exact) mass is 386 g/mol. The van der Waals surface area contributed by atoms with Gasteiger partial charge < -0.3 is 4.74 Å². The first-order valence-corrected chi connectivity index (χ1v) is 9.17. The van der Waals surface area contributed by atoms with Crippen molar-refractivity contribution in [2.24, 2.45) is 0 Å². The molecule has 0 aliphatic carbocycles. The maximum absolute atomic E-state index is 12.4. The van der Waals surface area contributed by atoms with Crippen LogP contribution in [0.15, 0.2) is 72.8 Å².